The summed E-state index contributed by atoms with van der Waals surface area (Å²) in [6.45, 7) is 3.67. The van der Waals surface area contributed by atoms with Crippen molar-refractivity contribution < 1.29 is 9.53 Å². The second-order valence-electron chi connectivity index (χ2n) is 5.85. The molecule has 4 heteroatoms. The van der Waals surface area contributed by atoms with Crippen LogP contribution in [0.15, 0.2) is 48.5 Å². The third-order valence-corrected chi connectivity index (χ3v) is 4.45. The number of hydrogen-bond donors (Lipinski definition) is 1. The fraction of sp³-hybridized carbons (Fsp3) is 0.316. The van der Waals surface area contributed by atoms with Gasteiger partial charge in [-0.2, -0.15) is 0 Å². The molecule has 23 heavy (non-hydrogen) atoms. The Morgan fingerprint density at radius 2 is 1.83 bits per heavy atom. The molecule has 1 aliphatic rings. The first-order valence-corrected chi connectivity index (χ1v) is 7.93. The fourth-order valence-corrected chi connectivity index (χ4v) is 3.00. The lowest BCUT2D eigenvalue weighted by atomic mass is 9.99. The summed E-state index contributed by atoms with van der Waals surface area (Å²) in [7, 11) is 1.61. The van der Waals surface area contributed by atoms with Crippen LogP contribution in [0.2, 0.25) is 0 Å². The summed E-state index contributed by atoms with van der Waals surface area (Å²) in [5, 5.41) is 2.98. The first-order valence-electron chi connectivity index (χ1n) is 7.93. The van der Waals surface area contributed by atoms with E-state index in [1.165, 1.54) is 11.1 Å². The Kier molecular flexibility index (Phi) is 4.63. The van der Waals surface area contributed by atoms with Crippen LogP contribution in [0.4, 0.5) is 5.69 Å². The van der Waals surface area contributed by atoms with Crippen molar-refractivity contribution in [3.63, 3.8) is 0 Å². The molecule has 0 radical (unpaired) electrons. The van der Waals surface area contributed by atoms with Crippen LogP contribution >= 0.6 is 0 Å². The Hall–Kier alpha value is -2.33. The quantitative estimate of drug-likeness (QED) is 0.943. The molecule has 1 N–H and O–H groups in total. The molecule has 1 unspecified atom stereocenters. The van der Waals surface area contributed by atoms with Crippen LogP contribution in [0.25, 0.3) is 0 Å². The van der Waals surface area contributed by atoms with Crippen LogP contribution in [0, 0.1) is 0 Å². The lowest BCUT2D eigenvalue weighted by molar-refractivity contribution is -0.121. The average Bonchev–Trinajstić information content (AvgIpc) is 2.61. The van der Waals surface area contributed by atoms with Crippen molar-refractivity contribution in [3.05, 3.63) is 59.7 Å². The zero-order valence-electron chi connectivity index (χ0n) is 13.6. The summed E-state index contributed by atoms with van der Waals surface area (Å²) in [6, 6.07) is 15.7. The van der Waals surface area contributed by atoms with Crippen LogP contribution < -0.4 is 10.1 Å². The van der Waals surface area contributed by atoms with Crippen molar-refractivity contribution >= 4 is 11.6 Å². The molecule has 3 rings (SSSR count). The molecule has 1 aliphatic heterocycles. The van der Waals surface area contributed by atoms with Crippen molar-refractivity contribution in [1.82, 2.24) is 4.90 Å². The van der Waals surface area contributed by atoms with Crippen molar-refractivity contribution in [2.24, 2.45) is 0 Å². The smallest absolute Gasteiger partial charge is 0.241 e. The van der Waals surface area contributed by atoms with Crippen molar-refractivity contribution in [1.29, 1.82) is 0 Å². The van der Waals surface area contributed by atoms with E-state index in [4.69, 9.17) is 4.74 Å². The second-order valence-corrected chi connectivity index (χ2v) is 5.85. The Morgan fingerprint density at radius 3 is 2.61 bits per heavy atom. The highest BCUT2D eigenvalue weighted by Crippen LogP contribution is 2.25. The van der Waals surface area contributed by atoms with E-state index >= 15 is 0 Å². The largest absolute Gasteiger partial charge is 0.495 e. The summed E-state index contributed by atoms with van der Waals surface area (Å²) in [5.74, 6) is 0.672. The number of benzene rings is 2. The minimum absolute atomic E-state index is 0.00567. The Morgan fingerprint density at radius 1 is 1.13 bits per heavy atom. The number of amides is 1. The third kappa shape index (κ3) is 3.37. The Bertz CT molecular complexity index is 699. The number of nitrogens with one attached hydrogen (secondary N) is 1. The number of ether oxygens (including phenoxy) is 1. The summed E-state index contributed by atoms with van der Waals surface area (Å²) >= 11 is 0. The highest BCUT2D eigenvalue weighted by Gasteiger charge is 2.25. The second kappa shape index (κ2) is 6.84. The Labute approximate surface area is 137 Å². The third-order valence-electron chi connectivity index (χ3n) is 4.45. The number of anilines is 1. The molecule has 0 fully saturated rings. The van der Waals surface area contributed by atoms with Crippen LogP contribution in [0.1, 0.15) is 18.1 Å². The van der Waals surface area contributed by atoms with Gasteiger partial charge in [-0.05, 0) is 36.6 Å². The number of carbonyl (C=O) groups is 1. The Balaban J connectivity index is 1.69. The van der Waals surface area contributed by atoms with Gasteiger partial charge in [-0.1, -0.05) is 36.4 Å². The van der Waals surface area contributed by atoms with Gasteiger partial charge in [0, 0.05) is 13.1 Å². The molecule has 0 spiro atoms. The van der Waals surface area contributed by atoms with Gasteiger partial charge in [0.15, 0.2) is 0 Å². The first kappa shape index (κ1) is 15.6. The number of nitrogens with zero attached hydrogens (tertiary/aromatic N) is 1. The van der Waals surface area contributed by atoms with E-state index in [1.54, 1.807) is 7.11 Å². The van der Waals surface area contributed by atoms with E-state index in [1.807, 2.05) is 31.2 Å². The topological polar surface area (TPSA) is 41.6 Å². The number of hydrogen-bond acceptors (Lipinski definition) is 3. The van der Waals surface area contributed by atoms with E-state index in [9.17, 15) is 4.79 Å². The SMILES string of the molecule is COc1ccccc1NC(=O)C(C)N1CCc2ccccc2C1. The molecule has 0 aliphatic carbocycles. The van der Waals surface area contributed by atoms with Gasteiger partial charge in [0.2, 0.25) is 5.91 Å². The number of methoxy groups -OCH3 is 1. The maximum absolute atomic E-state index is 12.6. The molecule has 2 aromatic carbocycles. The average molecular weight is 310 g/mol. The van der Waals surface area contributed by atoms with E-state index < -0.39 is 0 Å². The summed E-state index contributed by atoms with van der Waals surface area (Å²) in [5.41, 5.74) is 3.42. The lowest BCUT2D eigenvalue weighted by Gasteiger charge is -2.33. The van der Waals surface area contributed by atoms with Gasteiger partial charge >= 0.3 is 0 Å². The van der Waals surface area contributed by atoms with E-state index in [-0.39, 0.29) is 11.9 Å². The predicted molar refractivity (Wildman–Crippen MR) is 91.6 cm³/mol. The number of rotatable bonds is 4. The van der Waals surface area contributed by atoms with Gasteiger partial charge in [0.1, 0.15) is 5.75 Å². The van der Waals surface area contributed by atoms with E-state index in [0.29, 0.717) is 11.4 Å². The van der Waals surface area contributed by atoms with Gasteiger partial charge in [-0.25, -0.2) is 0 Å². The molecular formula is C19H22N2O2. The molecule has 0 aromatic heterocycles. The molecule has 0 saturated heterocycles. The lowest BCUT2D eigenvalue weighted by Crippen LogP contribution is -2.44. The van der Waals surface area contributed by atoms with Gasteiger partial charge < -0.3 is 10.1 Å². The molecule has 4 nitrogen and oxygen atoms in total. The fourth-order valence-electron chi connectivity index (χ4n) is 3.00. The normalized spacial score (nSPS) is 15.6. The van der Waals surface area contributed by atoms with Crippen molar-refractivity contribution in [3.8, 4) is 5.75 Å². The van der Waals surface area contributed by atoms with Crippen LogP contribution in [-0.2, 0) is 17.8 Å². The maximum Gasteiger partial charge on any atom is 0.241 e. The van der Waals surface area contributed by atoms with Crippen LogP contribution in [0.3, 0.4) is 0 Å². The molecular weight excluding hydrogens is 288 g/mol. The molecule has 1 heterocycles. The van der Waals surface area contributed by atoms with E-state index in [0.717, 1.165) is 19.5 Å². The highest BCUT2D eigenvalue weighted by atomic mass is 16.5. The first-order chi connectivity index (χ1) is 11.2. The monoisotopic (exact) mass is 310 g/mol. The van der Waals surface area contributed by atoms with E-state index in [2.05, 4.69) is 34.5 Å². The van der Waals surface area contributed by atoms with Crippen LogP contribution in [0.5, 0.6) is 5.75 Å². The maximum atomic E-state index is 12.6. The number of para-hydroxylation sites is 2. The minimum atomic E-state index is -0.187. The van der Waals surface area contributed by atoms with Gasteiger partial charge in [-0.3, -0.25) is 9.69 Å². The minimum Gasteiger partial charge on any atom is -0.495 e. The van der Waals surface area contributed by atoms with Crippen molar-refractivity contribution in [2.45, 2.75) is 25.9 Å². The molecule has 0 bridgehead atoms. The number of carbonyl (C=O) groups excluding carboxylic acids is 1. The zero-order chi connectivity index (χ0) is 16.2. The number of fused-ring (bicyclic) bond motifs is 1. The predicted octanol–water partition coefficient (Wildman–Crippen LogP) is 3.08. The molecule has 2 aromatic rings. The van der Waals surface area contributed by atoms with Crippen LogP contribution in [-0.4, -0.2) is 30.5 Å². The standard InChI is InChI=1S/C19H22N2O2/c1-14(19(22)20-17-9-5-6-10-18(17)23-2)21-12-11-15-7-3-4-8-16(15)13-21/h3-10,14H,11-13H2,1-2H3,(H,20,22). The van der Waals surface area contributed by atoms with Gasteiger partial charge in [0.25, 0.3) is 0 Å². The molecule has 1 amide bonds. The summed E-state index contributed by atoms with van der Waals surface area (Å²) in [6.07, 6.45) is 0.989. The van der Waals surface area contributed by atoms with Gasteiger partial charge in [0.05, 0.1) is 18.8 Å². The summed E-state index contributed by atoms with van der Waals surface area (Å²) < 4.78 is 5.29. The molecule has 120 valence electrons. The van der Waals surface area contributed by atoms with Gasteiger partial charge in [-0.15, -0.1) is 0 Å². The van der Waals surface area contributed by atoms with Crippen molar-refractivity contribution in [2.75, 3.05) is 19.0 Å². The summed E-state index contributed by atoms with van der Waals surface area (Å²) in [4.78, 5) is 14.8. The molecule has 0 saturated carbocycles. The zero-order valence-corrected chi connectivity index (χ0v) is 13.6. The highest BCUT2D eigenvalue weighted by molar-refractivity contribution is 5.95. The molecule has 1 atom stereocenters.